The maximum Gasteiger partial charge on any atom is 0.352 e. The van der Waals surface area contributed by atoms with Crippen molar-refractivity contribution in [1.82, 2.24) is 29.4 Å². The van der Waals surface area contributed by atoms with E-state index >= 15 is 0 Å². The lowest BCUT2D eigenvalue weighted by Crippen LogP contribution is -2.27. The van der Waals surface area contributed by atoms with E-state index in [1.807, 2.05) is 11.1 Å². The van der Waals surface area contributed by atoms with Crippen molar-refractivity contribution in [2.45, 2.75) is 13.8 Å². The van der Waals surface area contributed by atoms with Gasteiger partial charge >= 0.3 is 11.4 Å². The molecule has 0 spiro atoms. The molecule has 13 heteroatoms. The second-order valence-electron chi connectivity index (χ2n) is 5.52. The van der Waals surface area contributed by atoms with Crippen LogP contribution in [0.1, 0.15) is 22.4 Å². The minimum Gasteiger partial charge on any atom is -0.327 e. The topological polar surface area (TPSA) is 186 Å². The fraction of sp³-hybridized carbons (Fsp3) is 0.200. The monoisotopic (exact) mass is 379 g/mol. The first-order chi connectivity index (χ1) is 13.4. The highest BCUT2D eigenvalue weighted by Crippen LogP contribution is 2.29. The molecule has 28 heavy (non-hydrogen) atoms. The van der Waals surface area contributed by atoms with Crippen LogP contribution < -0.4 is 16.8 Å². The van der Waals surface area contributed by atoms with Crippen LogP contribution in [-0.4, -0.2) is 36.5 Å². The van der Waals surface area contributed by atoms with Crippen LogP contribution in [0.2, 0.25) is 0 Å². The summed E-state index contributed by atoms with van der Waals surface area (Å²) < 4.78 is 2.62. The Hall–Kier alpha value is -4.52. The molecule has 140 valence electrons. The second kappa shape index (κ2) is 7.00. The Morgan fingerprint density at radius 2 is 1.93 bits per heavy atom. The van der Waals surface area contributed by atoms with Gasteiger partial charge < -0.3 is 5.43 Å². The molecule has 0 fully saturated rings. The minimum atomic E-state index is -0.863. The van der Waals surface area contributed by atoms with Gasteiger partial charge in [-0.15, -0.1) is 15.3 Å². The van der Waals surface area contributed by atoms with E-state index in [-0.39, 0.29) is 17.3 Å². The van der Waals surface area contributed by atoms with Crippen LogP contribution in [0.5, 0.6) is 0 Å². The van der Waals surface area contributed by atoms with Gasteiger partial charge in [-0.25, -0.2) is 18.9 Å². The zero-order chi connectivity index (χ0) is 20.4. The average Bonchev–Trinajstić information content (AvgIpc) is 3.17. The van der Waals surface area contributed by atoms with E-state index < -0.39 is 11.4 Å². The molecule has 3 N–H and O–H groups in total. The molecule has 0 atom stereocenters. The van der Waals surface area contributed by atoms with Crippen molar-refractivity contribution in [2.75, 3.05) is 12.5 Å². The van der Waals surface area contributed by atoms with Crippen LogP contribution in [0.25, 0.3) is 5.95 Å². The summed E-state index contributed by atoms with van der Waals surface area (Å²) in [7, 11) is 1.66. The van der Waals surface area contributed by atoms with Gasteiger partial charge in [-0.2, -0.15) is 15.5 Å². The molecule has 0 saturated carbocycles. The second-order valence-corrected chi connectivity index (χ2v) is 5.52. The van der Waals surface area contributed by atoms with Crippen LogP contribution in [0.3, 0.4) is 0 Å². The predicted octanol–water partition coefficient (Wildman–Crippen LogP) is 0.394. The maximum absolute atomic E-state index is 11.4. The number of hydrogen-bond acceptors (Lipinski definition) is 9. The van der Waals surface area contributed by atoms with E-state index in [0.29, 0.717) is 22.6 Å². The van der Waals surface area contributed by atoms with Gasteiger partial charge in [-0.1, -0.05) is 0 Å². The molecule has 0 radical (unpaired) electrons. The molecule has 0 saturated heterocycles. The van der Waals surface area contributed by atoms with Crippen LogP contribution >= 0.6 is 0 Å². The molecular weight excluding hydrogens is 366 g/mol. The maximum atomic E-state index is 11.4. The van der Waals surface area contributed by atoms with E-state index in [0.717, 1.165) is 4.68 Å². The highest BCUT2D eigenvalue weighted by atomic mass is 16.2. The van der Waals surface area contributed by atoms with Crippen LogP contribution in [0.15, 0.2) is 26.0 Å². The fourth-order valence-electron chi connectivity index (χ4n) is 2.59. The largest absolute Gasteiger partial charge is 0.352 e. The lowest BCUT2D eigenvalue weighted by atomic mass is 10.2. The summed E-state index contributed by atoms with van der Waals surface area (Å²) in [6.07, 6.45) is 1.25. The number of H-pyrrole nitrogens is 2. The highest BCUT2D eigenvalue weighted by Gasteiger charge is 2.17. The first kappa shape index (κ1) is 18.3. The van der Waals surface area contributed by atoms with Crippen molar-refractivity contribution in [3.8, 4) is 18.1 Å². The zero-order valence-corrected chi connectivity index (χ0v) is 15.0. The summed E-state index contributed by atoms with van der Waals surface area (Å²) in [4.78, 5) is 30.6. The summed E-state index contributed by atoms with van der Waals surface area (Å²) >= 11 is 0. The third kappa shape index (κ3) is 3.04. The molecule has 3 aromatic rings. The van der Waals surface area contributed by atoms with E-state index in [2.05, 4.69) is 36.8 Å². The molecule has 3 heterocycles. The number of hydrogen-bond donors (Lipinski definition) is 3. The van der Waals surface area contributed by atoms with Gasteiger partial charge in [-0.05, 0) is 13.8 Å². The SMILES string of the molecule is CNn1c(C)c(C#N)c(C)c1N=Nc1nn(-c2nc(=O)[nH]c(=O)[nH]2)cc1C#N. The van der Waals surface area contributed by atoms with Crippen molar-refractivity contribution in [3.05, 3.63) is 49.5 Å². The Labute approximate surface area is 156 Å². The first-order valence-electron chi connectivity index (χ1n) is 7.81. The van der Waals surface area contributed by atoms with E-state index in [9.17, 15) is 20.1 Å². The Morgan fingerprint density at radius 3 is 2.54 bits per heavy atom. The van der Waals surface area contributed by atoms with E-state index in [1.54, 1.807) is 25.6 Å². The Morgan fingerprint density at radius 1 is 1.18 bits per heavy atom. The molecule has 0 bridgehead atoms. The summed E-state index contributed by atoms with van der Waals surface area (Å²) in [6.45, 7) is 3.48. The molecular formula is C15H13N11O2. The standard InChI is InChI=1S/C15H13N11O2/c1-7-10(5-17)8(2)26(18-3)12(7)23-22-11-9(4-16)6-25(24-11)13-19-14(27)21-15(28)20-13/h6,18H,1-3H3,(H2,19,20,21,27,28). The lowest BCUT2D eigenvalue weighted by Gasteiger charge is -2.06. The number of aromatic nitrogens is 6. The van der Waals surface area contributed by atoms with Crippen LogP contribution in [0, 0.1) is 36.5 Å². The Bertz CT molecular complexity index is 1260. The van der Waals surface area contributed by atoms with Gasteiger partial charge in [0.05, 0.1) is 17.5 Å². The average molecular weight is 379 g/mol. The lowest BCUT2D eigenvalue weighted by molar-refractivity contribution is 0.766. The van der Waals surface area contributed by atoms with Crippen molar-refractivity contribution < 1.29 is 0 Å². The number of aromatic amines is 2. The summed E-state index contributed by atoms with van der Waals surface area (Å²) in [5.74, 6) is 0.145. The van der Waals surface area contributed by atoms with Gasteiger partial charge in [0.2, 0.25) is 11.8 Å². The predicted molar refractivity (Wildman–Crippen MR) is 95.4 cm³/mol. The number of nitrogens with zero attached hydrogens (tertiary/aromatic N) is 8. The molecule has 0 unspecified atom stereocenters. The molecule has 3 aromatic heterocycles. The zero-order valence-electron chi connectivity index (χ0n) is 15.0. The van der Waals surface area contributed by atoms with Gasteiger partial charge in [-0.3, -0.25) is 9.97 Å². The summed E-state index contributed by atoms with van der Waals surface area (Å²) in [6, 6.07) is 4.01. The summed E-state index contributed by atoms with van der Waals surface area (Å²) in [5.41, 5.74) is 3.04. The molecule has 0 aliphatic heterocycles. The third-order valence-electron chi connectivity index (χ3n) is 3.88. The number of nitriles is 2. The molecule has 3 rings (SSSR count). The third-order valence-corrected chi connectivity index (χ3v) is 3.88. The molecule has 0 aromatic carbocycles. The molecule has 0 aliphatic carbocycles. The van der Waals surface area contributed by atoms with Crippen molar-refractivity contribution in [2.24, 2.45) is 10.2 Å². The number of rotatable bonds is 4. The van der Waals surface area contributed by atoms with E-state index in [1.165, 1.54) is 6.20 Å². The van der Waals surface area contributed by atoms with E-state index in [4.69, 9.17) is 0 Å². The first-order valence-corrected chi connectivity index (χ1v) is 7.81. The number of nitrogens with one attached hydrogen (secondary N) is 3. The Kier molecular flexibility index (Phi) is 4.57. The molecule has 0 amide bonds. The van der Waals surface area contributed by atoms with Crippen molar-refractivity contribution in [3.63, 3.8) is 0 Å². The highest BCUT2D eigenvalue weighted by molar-refractivity contribution is 5.56. The van der Waals surface area contributed by atoms with Crippen LogP contribution in [0.4, 0.5) is 11.6 Å². The molecule has 0 aliphatic rings. The quantitative estimate of drug-likeness (QED) is 0.547. The van der Waals surface area contributed by atoms with Gasteiger partial charge in [0.15, 0.2) is 5.82 Å². The normalized spacial score (nSPS) is 10.8. The van der Waals surface area contributed by atoms with Crippen LogP contribution in [-0.2, 0) is 0 Å². The smallest absolute Gasteiger partial charge is 0.327 e. The van der Waals surface area contributed by atoms with Gasteiger partial charge in [0.1, 0.15) is 17.7 Å². The van der Waals surface area contributed by atoms with Crippen molar-refractivity contribution >= 4 is 11.6 Å². The summed E-state index contributed by atoms with van der Waals surface area (Å²) in [5, 5.41) is 30.7. The fourth-order valence-corrected chi connectivity index (χ4v) is 2.59. The number of azo groups is 1. The van der Waals surface area contributed by atoms with Crippen molar-refractivity contribution in [1.29, 1.82) is 10.5 Å². The van der Waals surface area contributed by atoms with Gasteiger partial charge in [0, 0.05) is 12.6 Å². The van der Waals surface area contributed by atoms with Gasteiger partial charge in [0.25, 0.3) is 0 Å². The Balaban J connectivity index is 2.08. The minimum absolute atomic E-state index is 0.0455. The molecule has 13 nitrogen and oxygen atoms in total.